The Hall–Kier alpha value is -0.610. The first kappa shape index (κ1) is 11.9. The van der Waals surface area contributed by atoms with Gasteiger partial charge in [-0.25, -0.2) is 0 Å². The van der Waals surface area contributed by atoms with E-state index in [0.29, 0.717) is 31.1 Å². The summed E-state index contributed by atoms with van der Waals surface area (Å²) in [5.74, 6) is 0.817. The van der Waals surface area contributed by atoms with Crippen LogP contribution < -0.4 is 10.6 Å². The Morgan fingerprint density at radius 1 is 1.44 bits per heavy atom. The minimum absolute atomic E-state index is 0.142. The van der Waals surface area contributed by atoms with Gasteiger partial charge in [-0.3, -0.25) is 4.79 Å². The lowest BCUT2D eigenvalue weighted by Crippen LogP contribution is -2.33. The van der Waals surface area contributed by atoms with Gasteiger partial charge in [0.05, 0.1) is 12.7 Å². The van der Waals surface area contributed by atoms with Crippen LogP contribution in [0, 0.1) is 5.92 Å². The largest absolute Gasteiger partial charge is 0.378 e. The molecule has 1 heterocycles. The topological polar surface area (TPSA) is 50.4 Å². The summed E-state index contributed by atoms with van der Waals surface area (Å²) >= 11 is 0. The van der Waals surface area contributed by atoms with Gasteiger partial charge in [-0.05, 0) is 38.3 Å². The van der Waals surface area contributed by atoms with Crippen molar-refractivity contribution in [3.63, 3.8) is 0 Å². The maximum Gasteiger partial charge on any atom is 0.222 e. The first-order valence-electron chi connectivity index (χ1n) is 6.37. The Balaban J connectivity index is 1.51. The molecular formula is C12H22N2O2. The summed E-state index contributed by atoms with van der Waals surface area (Å²) in [6.07, 6.45) is 4.14. The van der Waals surface area contributed by atoms with E-state index in [4.69, 9.17) is 4.74 Å². The van der Waals surface area contributed by atoms with Crippen LogP contribution in [0.1, 0.15) is 32.6 Å². The van der Waals surface area contributed by atoms with E-state index in [1.54, 1.807) is 0 Å². The van der Waals surface area contributed by atoms with Crippen LogP contribution in [0.15, 0.2) is 0 Å². The molecule has 0 radical (unpaired) electrons. The fourth-order valence-electron chi connectivity index (χ4n) is 2.08. The molecule has 1 aliphatic carbocycles. The number of carbonyl (C=O) groups is 1. The lowest BCUT2D eigenvalue weighted by Gasteiger charge is -2.22. The highest BCUT2D eigenvalue weighted by atomic mass is 16.5. The number of hydrogen-bond acceptors (Lipinski definition) is 3. The lowest BCUT2D eigenvalue weighted by atomic mass is 10.1. The second kappa shape index (κ2) is 5.64. The summed E-state index contributed by atoms with van der Waals surface area (Å²) in [4.78, 5) is 11.5. The highest BCUT2D eigenvalue weighted by Gasteiger charge is 2.33. The monoisotopic (exact) mass is 226 g/mol. The van der Waals surface area contributed by atoms with Gasteiger partial charge in [0.15, 0.2) is 0 Å². The number of nitrogens with one attached hydrogen (secondary N) is 2. The minimum atomic E-state index is 0.142. The van der Waals surface area contributed by atoms with Crippen LogP contribution in [0.4, 0.5) is 0 Å². The maximum absolute atomic E-state index is 11.5. The summed E-state index contributed by atoms with van der Waals surface area (Å²) in [5.41, 5.74) is 0. The Kier molecular flexibility index (Phi) is 4.18. The summed E-state index contributed by atoms with van der Waals surface area (Å²) < 4.78 is 5.68. The van der Waals surface area contributed by atoms with Crippen LogP contribution in [0.25, 0.3) is 0 Å². The molecule has 4 nitrogen and oxygen atoms in total. The fraction of sp³-hybridized carbons (Fsp3) is 0.917. The maximum atomic E-state index is 11.5. The first-order valence-corrected chi connectivity index (χ1v) is 6.37. The number of piperidine rings is 1. The third-order valence-electron chi connectivity index (χ3n) is 3.42. The molecule has 1 aliphatic heterocycles. The predicted octanol–water partition coefficient (Wildman–Crippen LogP) is 0.670. The van der Waals surface area contributed by atoms with E-state index < -0.39 is 0 Å². The Morgan fingerprint density at radius 3 is 2.75 bits per heavy atom. The van der Waals surface area contributed by atoms with Crippen molar-refractivity contribution >= 4 is 5.91 Å². The van der Waals surface area contributed by atoms with Crippen LogP contribution in [-0.4, -0.2) is 37.7 Å². The summed E-state index contributed by atoms with van der Waals surface area (Å²) in [6, 6.07) is 0.436. The third-order valence-corrected chi connectivity index (χ3v) is 3.42. The highest BCUT2D eigenvalue weighted by Crippen LogP contribution is 2.28. The van der Waals surface area contributed by atoms with Gasteiger partial charge in [-0.15, -0.1) is 0 Å². The number of ether oxygens (including phenoxy) is 1. The molecule has 2 fully saturated rings. The molecule has 2 aliphatic rings. The third kappa shape index (κ3) is 3.76. The molecule has 16 heavy (non-hydrogen) atoms. The lowest BCUT2D eigenvalue weighted by molar-refractivity contribution is -0.122. The van der Waals surface area contributed by atoms with Crippen LogP contribution in [-0.2, 0) is 9.53 Å². The minimum Gasteiger partial charge on any atom is -0.378 e. The van der Waals surface area contributed by atoms with Crippen molar-refractivity contribution in [2.45, 2.75) is 44.8 Å². The molecule has 0 aromatic carbocycles. The quantitative estimate of drug-likeness (QED) is 0.724. The molecule has 2 rings (SSSR count). The first-order chi connectivity index (χ1) is 7.75. The van der Waals surface area contributed by atoms with Gasteiger partial charge in [0, 0.05) is 12.5 Å². The van der Waals surface area contributed by atoms with Crippen molar-refractivity contribution in [2.24, 2.45) is 5.92 Å². The average molecular weight is 226 g/mol. The van der Waals surface area contributed by atoms with E-state index in [9.17, 15) is 4.79 Å². The molecule has 1 amide bonds. The molecule has 0 aromatic rings. The molecule has 0 bridgehead atoms. The number of carbonyl (C=O) groups excluding carboxylic acids is 1. The second-order valence-corrected chi connectivity index (χ2v) is 4.96. The highest BCUT2D eigenvalue weighted by molar-refractivity contribution is 5.76. The predicted molar refractivity (Wildman–Crippen MR) is 62.2 cm³/mol. The van der Waals surface area contributed by atoms with Crippen LogP contribution >= 0.6 is 0 Å². The zero-order valence-electron chi connectivity index (χ0n) is 10.00. The SMILES string of the molecule is CC1CC1NC(=O)CCOC1CCNCC1. The Bertz CT molecular complexity index is 239. The number of rotatable bonds is 5. The van der Waals surface area contributed by atoms with Crippen molar-refractivity contribution in [2.75, 3.05) is 19.7 Å². The molecule has 2 unspecified atom stereocenters. The van der Waals surface area contributed by atoms with Crippen molar-refractivity contribution in [1.82, 2.24) is 10.6 Å². The van der Waals surface area contributed by atoms with Crippen LogP contribution in [0.5, 0.6) is 0 Å². The summed E-state index contributed by atoms with van der Waals surface area (Å²) in [5, 5.41) is 6.30. The zero-order chi connectivity index (χ0) is 11.4. The van der Waals surface area contributed by atoms with E-state index >= 15 is 0 Å². The van der Waals surface area contributed by atoms with E-state index in [-0.39, 0.29) is 5.91 Å². The van der Waals surface area contributed by atoms with Gasteiger partial charge in [0.2, 0.25) is 5.91 Å². The molecule has 0 spiro atoms. The summed E-state index contributed by atoms with van der Waals surface area (Å²) in [6.45, 7) is 4.81. The zero-order valence-corrected chi connectivity index (χ0v) is 10.00. The van der Waals surface area contributed by atoms with Gasteiger partial charge >= 0.3 is 0 Å². The average Bonchev–Trinajstić information content (AvgIpc) is 2.95. The second-order valence-electron chi connectivity index (χ2n) is 4.96. The van der Waals surface area contributed by atoms with Crippen molar-refractivity contribution in [3.05, 3.63) is 0 Å². The van der Waals surface area contributed by atoms with E-state index in [0.717, 1.165) is 32.4 Å². The molecule has 1 saturated carbocycles. The Labute approximate surface area is 97.1 Å². The van der Waals surface area contributed by atoms with Crippen LogP contribution in [0.3, 0.4) is 0 Å². The molecular weight excluding hydrogens is 204 g/mol. The number of amides is 1. The van der Waals surface area contributed by atoms with Crippen molar-refractivity contribution < 1.29 is 9.53 Å². The van der Waals surface area contributed by atoms with E-state index in [1.165, 1.54) is 0 Å². The molecule has 0 aromatic heterocycles. The summed E-state index contributed by atoms with van der Waals surface area (Å²) in [7, 11) is 0. The van der Waals surface area contributed by atoms with Gasteiger partial charge in [0.1, 0.15) is 0 Å². The van der Waals surface area contributed by atoms with E-state index in [2.05, 4.69) is 17.6 Å². The smallest absolute Gasteiger partial charge is 0.222 e. The molecule has 2 N–H and O–H groups in total. The van der Waals surface area contributed by atoms with Gasteiger partial charge in [0.25, 0.3) is 0 Å². The van der Waals surface area contributed by atoms with Gasteiger partial charge in [-0.2, -0.15) is 0 Å². The van der Waals surface area contributed by atoms with E-state index in [1.807, 2.05) is 0 Å². The van der Waals surface area contributed by atoms with Gasteiger partial charge in [-0.1, -0.05) is 6.92 Å². The Morgan fingerprint density at radius 2 is 2.12 bits per heavy atom. The normalized spacial score (nSPS) is 30.1. The molecule has 92 valence electrons. The number of hydrogen-bond donors (Lipinski definition) is 2. The fourth-order valence-corrected chi connectivity index (χ4v) is 2.08. The van der Waals surface area contributed by atoms with Crippen LogP contribution in [0.2, 0.25) is 0 Å². The van der Waals surface area contributed by atoms with Crippen molar-refractivity contribution in [1.29, 1.82) is 0 Å². The molecule has 1 saturated heterocycles. The standard InChI is InChI=1S/C12H22N2O2/c1-9-8-11(9)14-12(15)4-7-16-10-2-5-13-6-3-10/h9-11,13H,2-8H2,1H3,(H,14,15). The molecule has 2 atom stereocenters. The van der Waals surface area contributed by atoms with Crippen molar-refractivity contribution in [3.8, 4) is 0 Å². The van der Waals surface area contributed by atoms with Gasteiger partial charge < -0.3 is 15.4 Å². The molecule has 4 heteroatoms.